The van der Waals surface area contributed by atoms with Crippen molar-refractivity contribution < 1.29 is 14.3 Å². The Balaban J connectivity index is 1.71. The predicted molar refractivity (Wildman–Crippen MR) is 121 cm³/mol. The standard InChI is InChI=1S/C25H27N3O3/c1-19(2)15-26-23(29)18-31-24(30)14-13-22-17-28(16-20-9-5-3-6-10-20)27-25(22)21-11-7-4-8-12-21/h3-14,17,19H,15-16,18H2,1-2H3,(H,26,29)/b14-13+. The number of amides is 1. The first-order valence-corrected chi connectivity index (χ1v) is 10.3. The van der Waals surface area contributed by atoms with Crippen molar-refractivity contribution in [1.82, 2.24) is 15.1 Å². The van der Waals surface area contributed by atoms with Crippen LogP contribution in [0, 0.1) is 5.92 Å². The van der Waals surface area contributed by atoms with Crippen molar-refractivity contribution in [2.75, 3.05) is 13.2 Å². The van der Waals surface area contributed by atoms with Gasteiger partial charge in [-0.05, 0) is 17.6 Å². The molecule has 0 unspecified atom stereocenters. The number of hydrogen-bond donors (Lipinski definition) is 1. The van der Waals surface area contributed by atoms with Crippen molar-refractivity contribution >= 4 is 18.0 Å². The van der Waals surface area contributed by atoms with E-state index in [-0.39, 0.29) is 12.5 Å². The van der Waals surface area contributed by atoms with Crippen LogP contribution in [-0.4, -0.2) is 34.8 Å². The summed E-state index contributed by atoms with van der Waals surface area (Å²) in [4.78, 5) is 23.8. The van der Waals surface area contributed by atoms with E-state index in [4.69, 9.17) is 9.84 Å². The Labute approximate surface area is 182 Å². The van der Waals surface area contributed by atoms with Crippen molar-refractivity contribution in [3.63, 3.8) is 0 Å². The summed E-state index contributed by atoms with van der Waals surface area (Å²) in [6, 6.07) is 19.8. The first kappa shape index (κ1) is 22.0. The van der Waals surface area contributed by atoms with Crippen LogP contribution in [0.1, 0.15) is 25.0 Å². The molecule has 0 fully saturated rings. The average Bonchev–Trinajstić information content (AvgIpc) is 3.18. The van der Waals surface area contributed by atoms with E-state index in [0.717, 1.165) is 22.4 Å². The van der Waals surface area contributed by atoms with Crippen LogP contribution in [0.4, 0.5) is 0 Å². The molecule has 0 spiro atoms. The molecule has 0 radical (unpaired) electrons. The van der Waals surface area contributed by atoms with E-state index in [1.54, 1.807) is 6.08 Å². The number of carbonyl (C=O) groups is 2. The Morgan fingerprint density at radius 3 is 2.42 bits per heavy atom. The number of aromatic nitrogens is 2. The largest absolute Gasteiger partial charge is 0.452 e. The maximum atomic E-state index is 12.1. The third-order valence-electron chi connectivity index (χ3n) is 4.48. The summed E-state index contributed by atoms with van der Waals surface area (Å²) in [5.41, 5.74) is 3.65. The van der Waals surface area contributed by atoms with Gasteiger partial charge in [0.25, 0.3) is 5.91 Å². The Morgan fingerprint density at radius 2 is 1.74 bits per heavy atom. The minimum Gasteiger partial charge on any atom is -0.452 e. The lowest BCUT2D eigenvalue weighted by atomic mass is 10.1. The van der Waals surface area contributed by atoms with Gasteiger partial charge in [0.1, 0.15) is 0 Å². The molecule has 1 amide bonds. The monoisotopic (exact) mass is 417 g/mol. The Morgan fingerprint density at radius 1 is 1.06 bits per heavy atom. The molecule has 0 aliphatic heterocycles. The number of rotatable bonds is 9. The fourth-order valence-corrected chi connectivity index (χ4v) is 2.94. The van der Waals surface area contributed by atoms with Crippen LogP contribution in [-0.2, 0) is 20.9 Å². The van der Waals surface area contributed by atoms with E-state index in [9.17, 15) is 9.59 Å². The van der Waals surface area contributed by atoms with Gasteiger partial charge in [-0.1, -0.05) is 74.5 Å². The molecule has 0 saturated carbocycles. The van der Waals surface area contributed by atoms with Crippen LogP contribution in [0.25, 0.3) is 17.3 Å². The van der Waals surface area contributed by atoms with Gasteiger partial charge in [0.15, 0.2) is 6.61 Å². The zero-order valence-electron chi connectivity index (χ0n) is 17.8. The molecule has 2 aromatic carbocycles. The zero-order valence-corrected chi connectivity index (χ0v) is 17.8. The van der Waals surface area contributed by atoms with E-state index in [1.165, 1.54) is 6.08 Å². The van der Waals surface area contributed by atoms with Gasteiger partial charge in [0.2, 0.25) is 0 Å². The normalized spacial score (nSPS) is 11.1. The molecule has 0 bridgehead atoms. The van der Waals surface area contributed by atoms with Crippen LogP contribution in [0.2, 0.25) is 0 Å². The highest BCUT2D eigenvalue weighted by Gasteiger charge is 2.11. The minimum absolute atomic E-state index is 0.297. The molecule has 0 aliphatic rings. The van der Waals surface area contributed by atoms with Crippen LogP contribution >= 0.6 is 0 Å². The number of benzene rings is 2. The molecular formula is C25H27N3O3. The van der Waals surface area contributed by atoms with E-state index in [0.29, 0.717) is 19.0 Å². The summed E-state index contributed by atoms with van der Waals surface area (Å²) in [5, 5.41) is 7.43. The van der Waals surface area contributed by atoms with Gasteiger partial charge in [0.05, 0.1) is 12.2 Å². The van der Waals surface area contributed by atoms with E-state index < -0.39 is 5.97 Å². The molecule has 1 N–H and O–H groups in total. The van der Waals surface area contributed by atoms with Gasteiger partial charge in [0, 0.05) is 29.9 Å². The van der Waals surface area contributed by atoms with Crippen molar-refractivity contribution in [2.24, 2.45) is 5.92 Å². The number of ether oxygens (including phenoxy) is 1. The summed E-state index contributed by atoms with van der Waals surface area (Å²) in [7, 11) is 0. The fourth-order valence-electron chi connectivity index (χ4n) is 2.94. The molecule has 1 aromatic heterocycles. The fraction of sp³-hybridized carbons (Fsp3) is 0.240. The quantitative estimate of drug-likeness (QED) is 0.423. The Hall–Kier alpha value is -3.67. The summed E-state index contributed by atoms with van der Waals surface area (Å²) in [5.74, 6) is -0.547. The number of nitrogens with zero attached hydrogens (tertiary/aromatic N) is 2. The minimum atomic E-state index is -0.575. The highest BCUT2D eigenvalue weighted by atomic mass is 16.5. The molecule has 3 rings (SSSR count). The van der Waals surface area contributed by atoms with Gasteiger partial charge in [-0.2, -0.15) is 5.10 Å². The summed E-state index contributed by atoms with van der Waals surface area (Å²) >= 11 is 0. The number of carbonyl (C=O) groups excluding carboxylic acids is 2. The highest BCUT2D eigenvalue weighted by molar-refractivity contribution is 5.90. The van der Waals surface area contributed by atoms with Crippen LogP contribution in [0.5, 0.6) is 0 Å². The maximum Gasteiger partial charge on any atom is 0.331 e. The molecule has 6 nitrogen and oxygen atoms in total. The molecular weight excluding hydrogens is 390 g/mol. The van der Waals surface area contributed by atoms with Gasteiger partial charge in [-0.15, -0.1) is 0 Å². The van der Waals surface area contributed by atoms with Crippen molar-refractivity contribution in [3.05, 3.63) is 84.1 Å². The number of nitrogens with one attached hydrogen (secondary N) is 1. The maximum absolute atomic E-state index is 12.1. The van der Waals surface area contributed by atoms with Crippen molar-refractivity contribution in [2.45, 2.75) is 20.4 Å². The molecule has 3 aromatic rings. The second-order valence-corrected chi connectivity index (χ2v) is 7.62. The smallest absolute Gasteiger partial charge is 0.331 e. The van der Waals surface area contributed by atoms with Gasteiger partial charge in [-0.25, -0.2) is 4.79 Å². The predicted octanol–water partition coefficient (Wildman–Crippen LogP) is 3.93. The summed E-state index contributed by atoms with van der Waals surface area (Å²) in [6.45, 7) is 4.87. The SMILES string of the molecule is CC(C)CNC(=O)COC(=O)/C=C/c1cn(Cc2ccccc2)nc1-c1ccccc1. The Bertz CT molecular complexity index is 1020. The molecule has 0 aliphatic carbocycles. The second-order valence-electron chi connectivity index (χ2n) is 7.62. The molecule has 1 heterocycles. The summed E-state index contributed by atoms with van der Waals surface area (Å²) in [6.07, 6.45) is 4.89. The van der Waals surface area contributed by atoms with E-state index in [1.807, 2.05) is 85.4 Å². The zero-order chi connectivity index (χ0) is 22.1. The summed E-state index contributed by atoms with van der Waals surface area (Å²) < 4.78 is 6.89. The van der Waals surface area contributed by atoms with Crippen molar-refractivity contribution in [1.29, 1.82) is 0 Å². The molecule has 0 atom stereocenters. The lowest BCUT2D eigenvalue weighted by molar-refractivity contribution is -0.143. The van der Waals surface area contributed by atoms with Crippen LogP contribution in [0.3, 0.4) is 0 Å². The van der Waals surface area contributed by atoms with Crippen LogP contribution < -0.4 is 5.32 Å². The highest BCUT2D eigenvalue weighted by Crippen LogP contribution is 2.23. The lowest BCUT2D eigenvalue weighted by Gasteiger charge is -2.07. The van der Waals surface area contributed by atoms with E-state index >= 15 is 0 Å². The number of esters is 1. The van der Waals surface area contributed by atoms with E-state index in [2.05, 4.69) is 5.32 Å². The molecule has 31 heavy (non-hydrogen) atoms. The first-order valence-electron chi connectivity index (χ1n) is 10.3. The topological polar surface area (TPSA) is 73.2 Å². The average molecular weight is 418 g/mol. The van der Waals surface area contributed by atoms with Gasteiger partial charge >= 0.3 is 5.97 Å². The van der Waals surface area contributed by atoms with Gasteiger partial charge in [-0.3, -0.25) is 9.48 Å². The third-order valence-corrected chi connectivity index (χ3v) is 4.48. The van der Waals surface area contributed by atoms with Gasteiger partial charge < -0.3 is 10.1 Å². The Kier molecular flexibility index (Phi) is 7.76. The molecule has 6 heteroatoms. The molecule has 0 saturated heterocycles. The number of hydrogen-bond acceptors (Lipinski definition) is 4. The second kappa shape index (κ2) is 10.9. The first-order chi connectivity index (χ1) is 15.0. The van der Waals surface area contributed by atoms with Crippen LogP contribution in [0.15, 0.2) is 72.9 Å². The molecule has 160 valence electrons. The van der Waals surface area contributed by atoms with Crippen molar-refractivity contribution in [3.8, 4) is 11.3 Å². The third kappa shape index (κ3) is 6.96. The lowest BCUT2D eigenvalue weighted by Crippen LogP contribution is -2.31.